The first-order valence-corrected chi connectivity index (χ1v) is 11.6. The normalized spacial score (nSPS) is 10.9. The van der Waals surface area contributed by atoms with E-state index in [0.29, 0.717) is 17.1 Å². The minimum atomic E-state index is -4.35. The lowest BCUT2D eigenvalue weighted by atomic mass is 10.2. The monoisotopic (exact) mass is 488 g/mol. The average molecular weight is 489 g/mol. The molecule has 0 spiro atoms. The van der Waals surface area contributed by atoms with E-state index in [4.69, 9.17) is 14.2 Å². The summed E-state index contributed by atoms with van der Waals surface area (Å²) in [5.74, 6) is -0.333. The van der Waals surface area contributed by atoms with Crippen molar-refractivity contribution in [3.05, 3.63) is 78.1 Å². The van der Waals surface area contributed by atoms with Gasteiger partial charge in [0.05, 0.1) is 31.9 Å². The lowest BCUT2D eigenvalue weighted by molar-refractivity contribution is -0.119. The Morgan fingerprint density at radius 2 is 1.53 bits per heavy atom. The van der Waals surface area contributed by atoms with Crippen molar-refractivity contribution in [3.8, 4) is 17.2 Å². The summed E-state index contributed by atoms with van der Waals surface area (Å²) in [4.78, 5) is 12.6. The smallest absolute Gasteiger partial charge is 0.265 e. The number of benzene rings is 3. The van der Waals surface area contributed by atoms with Crippen molar-refractivity contribution >= 4 is 21.6 Å². The van der Waals surface area contributed by atoms with Gasteiger partial charge >= 0.3 is 0 Å². The molecule has 1 N–H and O–H groups in total. The number of sulfonamides is 1. The predicted molar refractivity (Wildman–Crippen MR) is 125 cm³/mol. The zero-order chi connectivity index (χ0) is 24.7. The molecule has 3 aromatic carbocycles. The molecule has 0 saturated carbocycles. The van der Waals surface area contributed by atoms with Gasteiger partial charge in [-0.05, 0) is 30.3 Å². The van der Waals surface area contributed by atoms with Gasteiger partial charge in [-0.25, -0.2) is 12.8 Å². The van der Waals surface area contributed by atoms with Crippen LogP contribution in [0.3, 0.4) is 0 Å². The molecule has 3 aromatic rings. The van der Waals surface area contributed by atoms with Gasteiger partial charge in [0.1, 0.15) is 18.1 Å². The highest BCUT2D eigenvalue weighted by atomic mass is 32.2. The second-order valence-electron chi connectivity index (χ2n) is 7.07. The van der Waals surface area contributed by atoms with Crippen molar-refractivity contribution in [2.75, 3.05) is 32.2 Å². The van der Waals surface area contributed by atoms with Crippen molar-refractivity contribution in [1.82, 2.24) is 5.32 Å². The Hall–Kier alpha value is -3.79. The lowest BCUT2D eigenvalue weighted by Gasteiger charge is -2.25. The van der Waals surface area contributed by atoms with Crippen molar-refractivity contribution in [3.63, 3.8) is 0 Å². The summed E-state index contributed by atoms with van der Waals surface area (Å²) in [7, 11) is -0.0530. The zero-order valence-corrected chi connectivity index (χ0v) is 19.8. The fourth-order valence-corrected chi connectivity index (χ4v) is 4.73. The summed E-state index contributed by atoms with van der Waals surface area (Å²) in [6, 6.07) is 16.4. The van der Waals surface area contributed by atoms with Gasteiger partial charge in [-0.3, -0.25) is 9.10 Å². The Kier molecular flexibility index (Phi) is 7.95. The molecule has 0 aromatic heterocycles. The molecule has 0 atom stereocenters. The second-order valence-corrected chi connectivity index (χ2v) is 8.93. The third-order valence-corrected chi connectivity index (χ3v) is 6.78. The molecule has 0 saturated heterocycles. The van der Waals surface area contributed by atoms with E-state index in [-0.39, 0.29) is 22.9 Å². The Balaban J connectivity index is 1.93. The molecular weight excluding hydrogens is 463 g/mol. The molecule has 0 bridgehead atoms. The molecule has 0 aliphatic carbocycles. The van der Waals surface area contributed by atoms with Crippen LogP contribution in [0.4, 0.5) is 10.1 Å². The van der Waals surface area contributed by atoms with E-state index in [0.717, 1.165) is 10.4 Å². The summed E-state index contributed by atoms with van der Waals surface area (Å²) in [5.41, 5.74) is 0.447. The third-order valence-electron chi connectivity index (χ3n) is 5.02. The van der Waals surface area contributed by atoms with E-state index in [9.17, 15) is 17.6 Å². The molecule has 3 rings (SSSR count). The standard InChI is InChI=1S/C24H25FN2O6S/c1-31-21-11-7-4-8-17(21)15-26-24(28)16-27(20-10-6-5-9-19(20)25)34(29,30)18-12-13-22(32-2)23(14-18)33-3/h4-14H,15-16H2,1-3H3,(H,26,28). The summed E-state index contributed by atoms with van der Waals surface area (Å²) >= 11 is 0. The fraction of sp³-hybridized carbons (Fsp3) is 0.208. The number of hydrogen-bond donors (Lipinski definition) is 1. The van der Waals surface area contributed by atoms with Crippen molar-refractivity contribution in [2.45, 2.75) is 11.4 Å². The van der Waals surface area contributed by atoms with Crippen LogP contribution in [0.5, 0.6) is 17.2 Å². The van der Waals surface area contributed by atoms with Crippen LogP contribution >= 0.6 is 0 Å². The van der Waals surface area contributed by atoms with Crippen LogP contribution in [0.1, 0.15) is 5.56 Å². The molecule has 0 fully saturated rings. The number of halogens is 1. The summed E-state index contributed by atoms with van der Waals surface area (Å²) in [6.45, 7) is -0.545. The van der Waals surface area contributed by atoms with Gasteiger partial charge in [0.15, 0.2) is 11.5 Å². The number of amides is 1. The van der Waals surface area contributed by atoms with Crippen LogP contribution in [-0.4, -0.2) is 42.2 Å². The van der Waals surface area contributed by atoms with E-state index in [2.05, 4.69) is 5.32 Å². The van der Waals surface area contributed by atoms with Crippen LogP contribution in [-0.2, 0) is 21.4 Å². The number of carbonyl (C=O) groups is 1. The third kappa shape index (κ3) is 5.40. The fourth-order valence-electron chi connectivity index (χ4n) is 3.29. The minimum absolute atomic E-state index is 0.102. The van der Waals surface area contributed by atoms with E-state index in [1.165, 1.54) is 57.7 Å². The number of nitrogens with one attached hydrogen (secondary N) is 1. The van der Waals surface area contributed by atoms with Crippen molar-refractivity contribution < 1.29 is 31.8 Å². The lowest BCUT2D eigenvalue weighted by Crippen LogP contribution is -2.41. The van der Waals surface area contributed by atoms with E-state index >= 15 is 0 Å². The van der Waals surface area contributed by atoms with Crippen molar-refractivity contribution in [2.24, 2.45) is 0 Å². The van der Waals surface area contributed by atoms with Crippen LogP contribution < -0.4 is 23.8 Å². The highest BCUT2D eigenvalue weighted by Crippen LogP contribution is 2.32. The Morgan fingerprint density at radius 1 is 0.882 bits per heavy atom. The first kappa shape index (κ1) is 24.8. The molecule has 0 heterocycles. The number of methoxy groups -OCH3 is 3. The van der Waals surface area contributed by atoms with E-state index in [1.54, 1.807) is 24.3 Å². The maximum Gasteiger partial charge on any atom is 0.265 e. The average Bonchev–Trinajstić information content (AvgIpc) is 2.86. The largest absolute Gasteiger partial charge is 0.496 e. The SMILES string of the molecule is COc1ccccc1CNC(=O)CN(c1ccccc1F)S(=O)(=O)c1ccc(OC)c(OC)c1. The maximum absolute atomic E-state index is 14.7. The number of ether oxygens (including phenoxy) is 3. The molecule has 8 nitrogen and oxygen atoms in total. The van der Waals surface area contributed by atoms with Crippen LogP contribution in [0.2, 0.25) is 0 Å². The Bertz CT molecular complexity index is 1270. The zero-order valence-electron chi connectivity index (χ0n) is 18.9. The van der Waals surface area contributed by atoms with Gasteiger partial charge in [-0.2, -0.15) is 0 Å². The molecule has 180 valence electrons. The van der Waals surface area contributed by atoms with Gasteiger partial charge in [0.2, 0.25) is 5.91 Å². The second kappa shape index (κ2) is 10.9. The minimum Gasteiger partial charge on any atom is -0.496 e. The number of rotatable bonds is 10. The molecule has 34 heavy (non-hydrogen) atoms. The summed E-state index contributed by atoms with van der Waals surface area (Å²) in [6.07, 6.45) is 0. The summed E-state index contributed by atoms with van der Waals surface area (Å²) < 4.78 is 58.0. The molecule has 10 heteroatoms. The molecule has 0 aliphatic rings. The van der Waals surface area contributed by atoms with Gasteiger partial charge in [-0.1, -0.05) is 30.3 Å². The van der Waals surface area contributed by atoms with Gasteiger partial charge in [0, 0.05) is 18.2 Å². The first-order chi connectivity index (χ1) is 16.3. The number of para-hydroxylation sites is 2. The number of hydrogen-bond acceptors (Lipinski definition) is 6. The van der Waals surface area contributed by atoms with Gasteiger partial charge in [-0.15, -0.1) is 0 Å². The highest BCUT2D eigenvalue weighted by Gasteiger charge is 2.30. The Morgan fingerprint density at radius 3 is 2.21 bits per heavy atom. The molecule has 0 aliphatic heterocycles. The Labute approximate surface area is 197 Å². The van der Waals surface area contributed by atoms with Gasteiger partial charge < -0.3 is 19.5 Å². The maximum atomic E-state index is 14.7. The summed E-state index contributed by atoms with van der Waals surface area (Å²) in [5, 5.41) is 2.67. The number of nitrogens with zero attached hydrogens (tertiary/aromatic N) is 1. The van der Waals surface area contributed by atoms with Gasteiger partial charge in [0.25, 0.3) is 10.0 Å². The number of anilines is 1. The topological polar surface area (TPSA) is 94.2 Å². The van der Waals surface area contributed by atoms with Crippen LogP contribution in [0, 0.1) is 5.82 Å². The molecule has 1 amide bonds. The number of carbonyl (C=O) groups excluding carboxylic acids is 1. The van der Waals surface area contributed by atoms with Crippen LogP contribution in [0.25, 0.3) is 0 Å². The quantitative estimate of drug-likeness (QED) is 0.470. The molecular formula is C24H25FN2O6S. The van der Waals surface area contributed by atoms with Crippen molar-refractivity contribution in [1.29, 1.82) is 0 Å². The first-order valence-electron chi connectivity index (χ1n) is 10.2. The van der Waals surface area contributed by atoms with E-state index in [1.807, 2.05) is 0 Å². The highest BCUT2D eigenvalue weighted by molar-refractivity contribution is 7.92. The molecule has 0 radical (unpaired) electrons. The molecule has 0 unspecified atom stereocenters. The predicted octanol–water partition coefficient (Wildman–Crippen LogP) is 3.36. The van der Waals surface area contributed by atoms with E-state index < -0.39 is 28.3 Å². The van der Waals surface area contributed by atoms with Crippen LogP contribution in [0.15, 0.2) is 71.6 Å².